The summed E-state index contributed by atoms with van der Waals surface area (Å²) in [5.41, 5.74) is -0.396. The van der Waals surface area contributed by atoms with E-state index in [1.54, 1.807) is 0 Å². The minimum Gasteiger partial charge on any atom is -0.393 e. The smallest absolute Gasteiger partial charge is 0.0604 e. The summed E-state index contributed by atoms with van der Waals surface area (Å²) < 4.78 is 51.4. The van der Waals surface area contributed by atoms with Crippen molar-refractivity contribution in [1.82, 2.24) is 0 Å². The van der Waals surface area contributed by atoms with Crippen LogP contribution in [0, 0.1) is 46.3 Å². The molecule has 28 heavy (non-hydrogen) atoms. The standard InChI is InChI=1S/C27H46O/c1-18(2)7-6-8-19(3)23-11-12-24-22-10-9-20-17-21(28)13-15-26(20,4)25(22)14-16-27(23,24)5/h9,18-19,21-25,28H,6-8,10-17H2,1-5H3/t19-,21?,22+,23-,24+,25+,26+,27-/m1/s1/i9D,13D2,17D2,21D. The maximum absolute atomic E-state index is 10.7. The minimum atomic E-state index is -2.89. The largest absolute Gasteiger partial charge is 0.393 e. The van der Waals surface area contributed by atoms with Gasteiger partial charge in [0.2, 0.25) is 0 Å². The molecule has 0 aromatic rings. The zero-order valence-electron chi connectivity index (χ0n) is 24.8. The SMILES string of the molecule is [2H]C1=C2C([2H])([2H])C([2H])(O)C([2H])([2H])C[C@]2(C)[C@H]2CC[C@]3(C)[C@@H]([C@H](C)CCCC(C)C)CC[C@H]3[C@@H]2C1. The van der Waals surface area contributed by atoms with E-state index in [2.05, 4.69) is 27.7 Å². The summed E-state index contributed by atoms with van der Waals surface area (Å²) in [6.45, 7) is 11.4. The van der Waals surface area contributed by atoms with Gasteiger partial charge < -0.3 is 5.11 Å². The zero-order valence-corrected chi connectivity index (χ0v) is 18.8. The summed E-state index contributed by atoms with van der Waals surface area (Å²) in [6.07, 6.45) is 0.782. The highest BCUT2D eigenvalue weighted by atomic mass is 16.3. The van der Waals surface area contributed by atoms with E-state index >= 15 is 0 Å². The van der Waals surface area contributed by atoms with Crippen LogP contribution in [0.3, 0.4) is 0 Å². The third-order valence-corrected chi connectivity index (χ3v) is 9.41. The Morgan fingerprint density at radius 1 is 1.18 bits per heavy atom. The van der Waals surface area contributed by atoms with Crippen LogP contribution in [-0.2, 0) is 0 Å². The van der Waals surface area contributed by atoms with Crippen LogP contribution in [0.15, 0.2) is 11.6 Å². The van der Waals surface area contributed by atoms with Crippen molar-refractivity contribution in [3.05, 3.63) is 11.6 Å². The van der Waals surface area contributed by atoms with Gasteiger partial charge in [-0.2, -0.15) is 0 Å². The summed E-state index contributed by atoms with van der Waals surface area (Å²) in [7, 11) is 0. The maximum Gasteiger partial charge on any atom is 0.0604 e. The monoisotopic (exact) mass is 392 g/mol. The van der Waals surface area contributed by atoms with Crippen LogP contribution in [0.2, 0.25) is 0 Å². The van der Waals surface area contributed by atoms with E-state index in [0.29, 0.717) is 24.2 Å². The topological polar surface area (TPSA) is 20.2 Å². The van der Waals surface area contributed by atoms with Crippen molar-refractivity contribution in [2.75, 3.05) is 0 Å². The van der Waals surface area contributed by atoms with Gasteiger partial charge in [-0.15, -0.1) is 0 Å². The summed E-state index contributed by atoms with van der Waals surface area (Å²) in [5.74, 6) is 2.95. The first-order chi connectivity index (χ1) is 15.5. The maximum atomic E-state index is 10.7. The summed E-state index contributed by atoms with van der Waals surface area (Å²) >= 11 is 0. The number of aliphatic hydroxyl groups is 1. The Bertz CT molecular complexity index is 835. The van der Waals surface area contributed by atoms with Crippen LogP contribution in [0.1, 0.15) is 113 Å². The second-order valence-corrected chi connectivity index (χ2v) is 11.4. The van der Waals surface area contributed by atoms with E-state index < -0.39 is 24.2 Å². The number of fused-ring (bicyclic) bond motifs is 5. The van der Waals surface area contributed by atoms with Crippen LogP contribution in [0.5, 0.6) is 0 Å². The van der Waals surface area contributed by atoms with E-state index in [9.17, 15) is 5.11 Å². The van der Waals surface area contributed by atoms with Crippen LogP contribution >= 0.6 is 0 Å². The molecule has 0 radical (unpaired) electrons. The fourth-order valence-electron chi connectivity index (χ4n) is 7.83. The second-order valence-electron chi connectivity index (χ2n) is 11.4. The molecule has 0 bridgehead atoms. The molecule has 1 heteroatoms. The van der Waals surface area contributed by atoms with Crippen molar-refractivity contribution in [2.24, 2.45) is 46.3 Å². The zero-order chi connectivity index (χ0) is 25.5. The number of rotatable bonds is 5. The quantitative estimate of drug-likeness (QED) is 0.484. The van der Waals surface area contributed by atoms with Gasteiger partial charge in [0, 0.05) is 5.48 Å². The van der Waals surface area contributed by atoms with E-state index in [1.165, 1.54) is 25.7 Å². The van der Waals surface area contributed by atoms with Gasteiger partial charge >= 0.3 is 0 Å². The van der Waals surface area contributed by atoms with Gasteiger partial charge in [-0.3, -0.25) is 0 Å². The molecular formula is C27H46O. The molecule has 0 heterocycles. The Kier molecular flexibility index (Phi) is 4.06. The van der Waals surface area contributed by atoms with E-state index in [1.807, 2.05) is 6.92 Å². The molecule has 1 unspecified atom stereocenters. The van der Waals surface area contributed by atoms with Gasteiger partial charge in [-0.05, 0) is 97.6 Å². The highest BCUT2D eigenvalue weighted by Gasteiger charge is 2.59. The molecule has 8 atom stereocenters. The highest BCUT2D eigenvalue weighted by Crippen LogP contribution is 2.67. The molecule has 0 spiro atoms. The summed E-state index contributed by atoms with van der Waals surface area (Å²) in [6, 6.07) is 0.215. The average molecular weight is 393 g/mol. The molecule has 1 N–H and O–H groups in total. The Balaban J connectivity index is 1.65. The van der Waals surface area contributed by atoms with Gasteiger partial charge in [0.1, 0.15) is 0 Å². The lowest BCUT2D eigenvalue weighted by atomic mass is 9.47. The van der Waals surface area contributed by atoms with Crippen LogP contribution in [0.4, 0.5) is 0 Å². The number of hydrogen-bond donors (Lipinski definition) is 1. The van der Waals surface area contributed by atoms with Crippen molar-refractivity contribution < 1.29 is 13.3 Å². The fraction of sp³-hybridized carbons (Fsp3) is 0.926. The number of allylic oxidation sites excluding steroid dienone is 1. The van der Waals surface area contributed by atoms with Crippen LogP contribution < -0.4 is 0 Å². The first kappa shape index (κ1) is 14.7. The first-order valence-electron chi connectivity index (χ1n) is 14.9. The molecule has 0 amide bonds. The van der Waals surface area contributed by atoms with Gasteiger partial charge in [-0.25, -0.2) is 0 Å². The molecule has 4 aliphatic carbocycles. The van der Waals surface area contributed by atoms with Crippen molar-refractivity contribution in [3.63, 3.8) is 0 Å². The third-order valence-electron chi connectivity index (χ3n) is 9.41. The normalized spacial score (nSPS) is 56.2. The Morgan fingerprint density at radius 2 is 1.96 bits per heavy atom. The molecule has 3 saturated carbocycles. The van der Waals surface area contributed by atoms with E-state index in [4.69, 9.17) is 8.22 Å². The molecule has 1 nitrogen and oxygen atoms in total. The van der Waals surface area contributed by atoms with Crippen molar-refractivity contribution in [1.29, 1.82) is 0 Å². The molecule has 3 fully saturated rings. The fourth-order valence-corrected chi connectivity index (χ4v) is 7.83. The second kappa shape index (κ2) is 7.75. The Hall–Kier alpha value is -0.300. The van der Waals surface area contributed by atoms with Crippen LogP contribution in [0.25, 0.3) is 0 Å². The molecule has 0 aromatic carbocycles. The Morgan fingerprint density at radius 3 is 2.71 bits per heavy atom. The van der Waals surface area contributed by atoms with Gasteiger partial charge in [0.25, 0.3) is 0 Å². The third kappa shape index (κ3) is 3.42. The molecule has 0 aromatic heterocycles. The van der Waals surface area contributed by atoms with E-state index in [-0.39, 0.29) is 35.3 Å². The van der Waals surface area contributed by atoms with Crippen LogP contribution in [-0.4, -0.2) is 11.2 Å². The average Bonchev–Trinajstić information content (AvgIpc) is 3.03. The molecule has 4 aliphatic rings. The lowest BCUT2D eigenvalue weighted by molar-refractivity contribution is -0.0573. The highest BCUT2D eigenvalue weighted by molar-refractivity contribution is 5.25. The molecule has 0 saturated heterocycles. The molecule has 0 aliphatic heterocycles. The first-order valence-corrected chi connectivity index (χ1v) is 11.9. The van der Waals surface area contributed by atoms with Crippen molar-refractivity contribution in [2.45, 2.75) is 111 Å². The van der Waals surface area contributed by atoms with Gasteiger partial charge in [0.05, 0.1) is 8.82 Å². The lowest BCUT2D eigenvalue weighted by Crippen LogP contribution is -2.50. The lowest BCUT2D eigenvalue weighted by Gasteiger charge is -2.58. The van der Waals surface area contributed by atoms with Crippen molar-refractivity contribution in [3.8, 4) is 0 Å². The van der Waals surface area contributed by atoms with Gasteiger partial charge in [-0.1, -0.05) is 65.5 Å². The summed E-state index contributed by atoms with van der Waals surface area (Å²) in [5, 5.41) is 10.7. The molecular weight excluding hydrogens is 340 g/mol. The van der Waals surface area contributed by atoms with Gasteiger partial charge in [0.15, 0.2) is 0 Å². The Labute approximate surface area is 183 Å². The predicted molar refractivity (Wildman–Crippen MR) is 119 cm³/mol. The predicted octanol–water partition coefficient (Wildman–Crippen LogP) is 7.39. The van der Waals surface area contributed by atoms with Crippen molar-refractivity contribution >= 4 is 0 Å². The molecule has 4 rings (SSSR count). The molecule has 160 valence electrons. The van der Waals surface area contributed by atoms with E-state index in [0.717, 1.165) is 25.2 Å². The summed E-state index contributed by atoms with van der Waals surface area (Å²) in [4.78, 5) is 0. The minimum absolute atomic E-state index is 0.0865. The number of hydrogen-bond acceptors (Lipinski definition) is 1.